The van der Waals surface area contributed by atoms with Gasteiger partial charge >= 0.3 is 18.4 Å². The summed E-state index contributed by atoms with van der Waals surface area (Å²) in [6, 6.07) is 3.46. The molecule has 0 radical (unpaired) electrons. The quantitative estimate of drug-likeness (QED) is 0.322. The molecule has 3 atom stereocenters. The molecule has 0 aliphatic carbocycles. The molecular formula is C32H39F7N4O2. The Morgan fingerprint density at radius 1 is 0.867 bits per heavy atom. The molecule has 3 unspecified atom stereocenters. The Kier molecular flexibility index (Phi) is 10.1. The van der Waals surface area contributed by atoms with Crippen LogP contribution < -0.4 is 0 Å². The molecule has 248 valence electrons. The predicted molar refractivity (Wildman–Crippen MR) is 155 cm³/mol. The molecule has 6 nitrogen and oxygen atoms in total. The number of nitrogens with zero attached hydrogens (tertiary/aromatic N) is 4. The number of piperazine rings is 1. The highest BCUT2D eigenvalue weighted by atomic mass is 19.4. The summed E-state index contributed by atoms with van der Waals surface area (Å²) in [4.78, 5) is 33.3. The molecule has 2 aromatic rings. The highest BCUT2D eigenvalue weighted by Crippen LogP contribution is 2.40. The van der Waals surface area contributed by atoms with Crippen LogP contribution in [0.3, 0.4) is 0 Å². The lowest BCUT2D eigenvalue weighted by atomic mass is 9.88. The first-order chi connectivity index (χ1) is 20.9. The van der Waals surface area contributed by atoms with Gasteiger partial charge in [-0.15, -0.1) is 0 Å². The van der Waals surface area contributed by atoms with Crippen molar-refractivity contribution < 1.29 is 40.3 Å². The number of amides is 3. The van der Waals surface area contributed by atoms with Gasteiger partial charge in [0, 0.05) is 51.7 Å². The number of piperidine rings is 1. The number of hydrogen-bond acceptors (Lipinski definition) is 3. The highest BCUT2D eigenvalue weighted by Gasteiger charge is 2.41. The first-order valence-corrected chi connectivity index (χ1v) is 15.0. The summed E-state index contributed by atoms with van der Waals surface area (Å²) in [6.07, 6.45) is -8.97. The first-order valence-electron chi connectivity index (χ1n) is 15.0. The second-order valence-corrected chi connectivity index (χ2v) is 12.3. The summed E-state index contributed by atoms with van der Waals surface area (Å²) in [5.74, 6) is -0.453. The third kappa shape index (κ3) is 7.73. The number of alkyl halides is 6. The van der Waals surface area contributed by atoms with Gasteiger partial charge in [-0.05, 0) is 73.7 Å². The zero-order chi connectivity index (χ0) is 33.4. The molecule has 0 bridgehead atoms. The van der Waals surface area contributed by atoms with E-state index in [1.165, 1.54) is 26.1 Å². The van der Waals surface area contributed by atoms with Gasteiger partial charge in [0.25, 0.3) is 0 Å². The van der Waals surface area contributed by atoms with E-state index in [0.717, 1.165) is 4.90 Å². The molecule has 2 aromatic carbocycles. The molecule has 2 aliphatic rings. The Bertz CT molecular complexity index is 1350. The normalized spacial score (nSPS) is 20.8. The van der Waals surface area contributed by atoms with E-state index in [-0.39, 0.29) is 36.0 Å². The summed E-state index contributed by atoms with van der Waals surface area (Å²) in [5, 5.41) is 0. The SMILES string of the molecule is Cc1cc(F)ccc1C1CC(N2CCN(C(=O)C(C)C)CC2)CCN1C(=O)N(C)C(C)c1cc(C(F)(F)F)cc(C(F)(F)F)c1. The molecule has 4 rings (SSSR count). The Morgan fingerprint density at radius 2 is 1.44 bits per heavy atom. The number of benzene rings is 2. The van der Waals surface area contributed by atoms with Crippen LogP contribution in [0.25, 0.3) is 0 Å². The zero-order valence-corrected chi connectivity index (χ0v) is 26.0. The van der Waals surface area contributed by atoms with E-state index in [4.69, 9.17) is 0 Å². The van der Waals surface area contributed by atoms with E-state index in [1.807, 2.05) is 18.7 Å². The molecule has 2 saturated heterocycles. The van der Waals surface area contributed by atoms with Crippen molar-refractivity contribution >= 4 is 11.9 Å². The number of urea groups is 1. The second kappa shape index (κ2) is 13.2. The molecule has 0 saturated carbocycles. The van der Waals surface area contributed by atoms with Gasteiger partial charge in [0.1, 0.15) is 5.82 Å². The first kappa shape index (κ1) is 34.5. The lowest BCUT2D eigenvalue weighted by Gasteiger charge is -2.47. The van der Waals surface area contributed by atoms with Gasteiger partial charge in [-0.25, -0.2) is 9.18 Å². The number of hydrogen-bond donors (Lipinski definition) is 0. The van der Waals surface area contributed by atoms with Crippen molar-refractivity contribution in [2.75, 3.05) is 39.8 Å². The molecule has 2 fully saturated rings. The second-order valence-electron chi connectivity index (χ2n) is 12.3. The molecule has 3 amide bonds. The zero-order valence-electron chi connectivity index (χ0n) is 26.0. The topological polar surface area (TPSA) is 47.1 Å². The summed E-state index contributed by atoms with van der Waals surface area (Å²) >= 11 is 0. The van der Waals surface area contributed by atoms with E-state index >= 15 is 0 Å². The van der Waals surface area contributed by atoms with Crippen LogP contribution in [0.2, 0.25) is 0 Å². The minimum atomic E-state index is -5.01. The minimum Gasteiger partial charge on any atom is -0.340 e. The summed E-state index contributed by atoms with van der Waals surface area (Å²) in [6.45, 7) is 9.56. The molecule has 2 aliphatic heterocycles. The average Bonchev–Trinajstić information content (AvgIpc) is 2.98. The van der Waals surface area contributed by atoms with E-state index in [9.17, 15) is 40.3 Å². The Morgan fingerprint density at radius 3 is 1.96 bits per heavy atom. The lowest BCUT2D eigenvalue weighted by molar-refractivity contribution is -0.143. The maximum Gasteiger partial charge on any atom is 0.416 e. The van der Waals surface area contributed by atoms with Gasteiger partial charge in [0.2, 0.25) is 5.91 Å². The summed E-state index contributed by atoms with van der Waals surface area (Å²) in [5.41, 5.74) is -1.87. The third-order valence-corrected chi connectivity index (χ3v) is 9.02. The maximum absolute atomic E-state index is 14.1. The van der Waals surface area contributed by atoms with Gasteiger partial charge in [0.05, 0.1) is 23.2 Å². The number of rotatable bonds is 5. The molecule has 0 N–H and O–H groups in total. The van der Waals surface area contributed by atoms with Gasteiger partial charge in [-0.1, -0.05) is 19.9 Å². The van der Waals surface area contributed by atoms with Crippen molar-refractivity contribution in [1.29, 1.82) is 0 Å². The summed E-state index contributed by atoms with van der Waals surface area (Å²) in [7, 11) is 1.35. The van der Waals surface area contributed by atoms with Gasteiger partial charge in [0.15, 0.2) is 0 Å². The van der Waals surface area contributed by atoms with Crippen molar-refractivity contribution in [3.63, 3.8) is 0 Å². The van der Waals surface area contributed by atoms with E-state index < -0.39 is 47.4 Å². The molecule has 0 aromatic heterocycles. The van der Waals surface area contributed by atoms with Crippen LogP contribution in [0.4, 0.5) is 35.5 Å². The van der Waals surface area contributed by atoms with Crippen molar-refractivity contribution in [2.45, 2.75) is 71.0 Å². The summed E-state index contributed by atoms with van der Waals surface area (Å²) < 4.78 is 95.3. The van der Waals surface area contributed by atoms with Gasteiger partial charge in [-0.2, -0.15) is 26.3 Å². The molecular weight excluding hydrogens is 605 g/mol. The number of likely N-dealkylation sites (tertiary alicyclic amines) is 1. The molecule has 0 spiro atoms. The van der Waals surface area contributed by atoms with Gasteiger partial charge in [-0.3, -0.25) is 9.69 Å². The standard InChI is InChI=1S/C32H39F7N4O2/c1-19(2)29(44)42-12-10-41(11-13-42)26-8-9-43(28(18-26)27-7-6-25(33)14-20(27)3)30(45)40(5)21(4)22-15-23(31(34,35)36)17-24(16-22)32(37,38)39/h6-7,14-17,19,21,26,28H,8-13,18H2,1-5H3. The third-order valence-electron chi connectivity index (χ3n) is 9.02. The number of aryl methyl sites for hydroxylation is 1. The van der Waals surface area contributed by atoms with Crippen molar-refractivity contribution in [3.8, 4) is 0 Å². The fraction of sp³-hybridized carbons (Fsp3) is 0.562. The van der Waals surface area contributed by atoms with Crippen LogP contribution in [0.1, 0.15) is 73.5 Å². The van der Waals surface area contributed by atoms with Crippen LogP contribution >= 0.6 is 0 Å². The number of carbonyl (C=O) groups is 2. The Hall–Kier alpha value is -3.35. The Balaban J connectivity index is 1.60. The molecule has 2 heterocycles. The number of carbonyl (C=O) groups excluding carboxylic acids is 2. The van der Waals surface area contributed by atoms with Crippen molar-refractivity contribution in [1.82, 2.24) is 19.6 Å². The van der Waals surface area contributed by atoms with Crippen LogP contribution in [-0.2, 0) is 17.1 Å². The average molecular weight is 645 g/mol. The van der Waals surface area contributed by atoms with Crippen LogP contribution in [0.5, 0.6) is 0 Å². The fourth-order valence-corrected chi connectivity index (χ4v) is 6.30. The van der Waals surface area contributed by atoms with E-state index in [2.05, 4.69) is 4.90 Å². The maximum atomic E-state index is 14.1. The van der Waals surface area contributed by atoms with Crippen LogP contribution in [0, 0.1) is 18.7 Å². The van der Waals surface area contributed by atoms with Crippen LogP contribution in [-0.4, -0.2) is 77.4 Å². The number of halogens is 7. The largest absolute Gasteiger partial charge is 0.416 e. The minimum absolute atomic E-state index is 0.0420. The van der Waals surface area contributed by atoms with E-state index in [1.54, 1.807) is 17.9 Å². The highest BCUT2D eigenvalue weighted by molar-refractivity contribution is 5.78. The molecule has 45 heavy (non-hydrogen) atoms. The monoisotopic (exact) mass is 644 g/mol. The van der Waals surface area contributed by atoms with Crippen LogP contribution in [0.15, 0.2) is 36.4 Å². The molecule has 13 heteroatoms. The van der Waals surface area contributed by atoms with E-state index in [0.29, 0.717) is 62.3 Å². The van der Waals surface area contributed by atoms with Gasteiger partial charge < -0.3 is 14.7 Å². The smallest absolute Gasteiger partial charge is 0.340 e. The van der Waals surface area contributed by atoms with Crippen molar-refractivity contribution in [3.05, 3.63) is 70.0 Å². The van der Waals surface area contributed by atoms with Crippen molar-refractivity contribution in [2.24, 2.45) is 5.92 Å². The fourth-order valence-electron chi connectivity index (χ4n) is 6.30. The lowest BCUT2D eigenvalue weighted by Crippen LogP contribution is -2.56. The Labute approximate surface area is 258 Å². The predicted octanol–water partition coefficient (Wildman–Crippen LogP) is 7.29.